The first-order valence-electron chi connectivity index (χ1n) is 14.0. The van der Waals surface area contributed by atoms with Crippen molar-refractivity contribution in [3.05, 3.63) is 0 Å². The van der Waals surface area contributed by atoms with Gasteiger partial charge in [0, 0.05) is 26.4 Å². The zero-order valence-electron chi connectivity index (χ0n) is 25.2. The third kappa shape index (κ3) is 9.33. The highest BCUT2D eigenvalue weighted by molar-refractivity contribution is 6.95. The van der Waals surface area contributed by atoms with Crippen molar-refractivity contribution in [1.29, 1.82) is 0 Å². The van der Waals surface area contributed by atoms with Crippen LogP contribution in [0, 0.1) is 0 Å². The largest absolute Gasteiger partial charge is 0.413 e. The Morgan fingerprint density at radius 2 is 0.583 bits per heavy atom. The summed E-state index contributed by atoms with van der Waals surface area (Å²) in [5.41, 5.74) is -0.834. The molecule has 0 aromatic heterocycles. The SMILES string of the molecule is CCCOC(C)[Si]1(C)O[Si](C)(C(C)OCCC)O[Si](C)(C(C)OCCC)O[Si](C)(C(C)OCCC)O1. The van der Waals surface area contributed by atoms with Crippen molar-refractivity contribution in [3.63, 3.8) is 0 Å². The van der Waals surface area contributed by atoms with Gasteiger partial charge < -0.3 is 35.4 Å². The highest BCUT2D eigenvalue weighted by Crippen LogP contribution is 2.38. The van der Waals surface area contributed by atoms with Crippen LogP contribution in [0.5, 0.6) is 0 Å². The molecular formula is C24H56O8Si4. The van der Waals surface area contributed by atoms with Crippen LogP contribution < -0.4 is 0 Å². The van der Waals surface area contributed by atoms with Crippen LogP contribution >= 0.6 is 0 Å². The first kappa shape index (κ1) is 34.6. The molecule has 12 heteroatoms. The van der Waals surface area contributed by atoms with Crippen molar-refractivity contribution in [3.8, 4) is 0 Å². The summed E-state index contributed by atoms with van der Waals surface area (Å²) in [6.07, 6.45) is 3.70. The van der Waals surface area contributed by atoms with Crippen LogP contribution in [0.3, 0.4) is 0 Å². The molecule has 1 aliphatic heterocycles. The third-order valence-corrected chi connectivity index (χ3v) is 26.4. The van der Waals surface area contributed by atoms with Crippen LogP contribution in [-0.2, 0) is 35.4 Å². The molecule has 0 saturated carbocycles. The number of rotatable bonds is 16. The predicted molar refractivity (Wildman–Crippen MR) is 154 cm³/mol. The minimum Gasteiger partial charge on any atom is -0.413 e. The summed E-state index contributed by atoms with van der Waals surface area (Å²) in [6, 6.07) is 0. The fourth-order valence-electron chi connectivity index (χ4n) is 4.14. The van der Waals surface area contributed by atoms with E-state index in [1.165, 1.54) is 0 Å². The minimum atomic E-state index is -2.98. The molecule has 8 nitrogen and oxygen atoms in total. The second kappa shape index (κ2) is 15.4. The summed E-state index contributed by atoms with van der Waals surface area (Å²) in [5.74, 6) is 0. The van der Waals surface area contributed by atoms with Crippen molar-refractivity contribution in [1.82, 2.24) is 0 Å². The zero-order chi connectivity index (χ0) is 27.6. The lowest BCUT2D eigenvalue weighted by atomic mass is 10.5. The molecule has 0 aliphatic carbocycles. The topological polar surface area (TPSA) is 73.8 Å². The van der Waals surface area contributed by atoms with Gasteiger partial charge >= 0.3 is 34.2 Å². The second-order valence-electron chi connectivity index (χ2n) is 10.5. The molecule has 4 unspecified atom stereocenters. The maximum Gasteiger partial charge on any atom is 0.347 e. The summed E-state index contributed by atoms with van der Waals surface area (Å²) in [4.78, 5) is 0. The molecule has 4 atom stereocenters. The monoisotopic (exact) mass is 584 g/mol. The Morgan fingerprint density at radius 3 is 0.722 bits per heavy atom. The maximum absolute atomic E-state index is 7.15. The molecule has 0 aromatic carbocycles. The Balaban J connectivity index is 3.60. The Hall–Kier alpha value is 0.548. The van der Waals surface area contributed by atoms with E-state index in [4.69, 9.17) is 35.4 Å². The molecule has 1 saturated heterocycles. The first-order chi connectivity index (χ1) is 16.8. The predicted octanol–water partition coefficient (Wildman–Crippen LogP) is 5.77. The van der Waals surface area contributed by atoms with Crippen LogP contribution in [0.1, 0.15) is 81.1 Å². The van der Waals surface area contributed by atoms with Crippen LogP contribution in [0.2, 0.25) is 26.2 Å². The van der Waals surface area contributed by atoms with E-state index in [-0.39, 0.29) is 22.9 Å². The van der Waals surface area contributed by atoms with Gasteiger partial charge in [-0.3, -0.25) is 0 Å². The molecule has 0 radical (unpaired) electrons. The molecule has 0 aromatic rings. The van der Waals surface area contributed by atoms with Crippen LogP contribution in [0.15, 0.2) is 0 Å². The van der Waals surface area contributed by atoms with E-state index < -0.39 is 34.2 Å². The van der Waals surface area contributed by atoms with Gasteiger partial charge in [0.1, 0.15) is 0 Å². The van der Waals surface area contributed by atoms with E-state index in [0.29, 0.717) is 26.4 Å². The summed E-state index contributed by atoms with van der Waals surface area (Å²) in [5, 5.41) is 0. The normalized spacial score (nSPS) is 35.0. The van der Waals surface area contributed by atoms with Gasteiger partial charge in [0.2, 0.25) is 0 Å². The van der Waals surface area contributed by atoms with E-state index >= 15 is 0 Å². The van der Waals surface area contributed by atoms with E-state index in [9.17, 15) is 0 Å². The van der Waals surface area contributed by atoms with Gasteiger partial charge in [0.05, 0.1) is 22.9 Å². The zero-order valence-corrected chi connectivity index (χ0v) is 29.2. The minimum absolute atomic E-state index is 0.208. The summed E-state index contributed by atoms with van der Waals surface area (Å²) in [7, 11) is -11.9. The van der Waals surface area contributed by atoms with Gasteiger partial charge in [-0.15, -0.1) is 0 Å². The van der Waals surface area contributed by atoms with Crippen LogP contribution in [-0.4, -0.2) is 83.6 Å². The molecule has 0 bridgehead atoms. The van der Waals surface area contributed by atoms with Crippen LogP contribution in [0.4, 0.5) is 0 Å². The average molecular weight is 585 g/mol. The van der Waals surface area contributed by atoms with Crippen molar-refractivity contribution >= 4 is 34.2 Å². The lowest BCUT2D eigenvalue weighted by molar-refractivity contribution is 0.0326. The van der Waals surface area contributed by atoms with E-state index in [1.54, 1.807) is 0 Å². The maximum atomic E-state index is 7.15. The molecule has 1 aliphatic rings. The molecule has 1 heterocycles. The van der Waals surface area contributed by atoms with E-state index in [0.717, 1.165) is 25.7 Å². The van der Waals surface area contributed by atoms with Gasteiger partial charge in [-0.25, -0.2) is 0 Å². The van der Waals surface area contributed by atoms with Gasteiger partial charge in [-0.1, -0.05) is 27.7 Å². The second-order valence-corrected chi connectivity index (χ2v) is 25.2. The molecular weight excluding hydrogens is 529 g/mol. The number of ether oxygens (including phenoxy) is 4. The third-order valence-electron chi connectivity index (χ3n) is 6.86. The standard InChI is InChI=1S/C24H56O8Si4/c1-13-17-25-21(5)33(9)29-34(10,22(6)26-18-14-2)31-36(12,24(8)28-20-16-4)32-35(11,30-33)23(7)27-19-15-3/h21-24H,13-20H2,1-12H3. The molecule has 0 N–H and O–H groups in total. The number of hydrogen-bond donors (Lipinski definition) is 0. The molecule has 1 fully saturated rings. The highest BCUT2D eigenvalue weighted by atomic mass is 28.5. The van der Waals surface area contributed by atoms with Crippen molar-refractivity contribution in [2.45, 2.75) is 130 Å². The quantitative estimate of drug-likeness (QED) is 0.212. The Kier molecular flexibility index (Phi) is 14.8. The summed E-state index contributed by atoms with van der Waals surface area (Å²) < 4.78 is 53.5. The summed E-state index contributed by atoms with van der Waals surface area (Å²) in [6.45, 7) is 27.6. The first-order valence-corrected chi connectivity index (χ1v) is 23.6. The Labute approximate surface area is 226 Å². The van der Waals surface area contributed by atoms with Gasteiger partial charge in [-0.2, -0.15) is 0 Å². The lowest BCUT2D eigenvalue weighted by Gasteiger charge is -2.54. The molecule has 216 valence electrons. The fourth-order valence-corrected chi connectivity index (χ4v) is 26.2. The highest BCUT2D eigenvalue weighted by Gasteiger charge is 2.64. The van der Waals surface area contributed by atoms with E-state index in [2.05, 4.69) is 81.6 Å². The van der Waals surface area contributed by atoms with Gasteiger partial charge in [0.15, 0.2) is 0 Å². The smallest absolute Gasteiger partial charge is 0.347 e. The van der Waals surface area contributed by atoms with E-state index in [1.807, 2.05) is 0 Å². The lowest BCUT2D eigenvalue weighted by Crippen LogP contribution is -2.76. The molecule has 36 heavy (non-hydrogen) atoms. The Morgan fingerprint density at radius 1 is 0.417 bits per heavy atom. The van der Waals surface area contributed by atoms with Crippen molar-refractivity contribution in [2.75, 3.05) is 26.4 Å². The van der Waals surface area contributed by atoms with Crippen LogP contribution in [0.25, 0.3) is 0 Å². The molecule has 0 spiro atoms. The fraction of sp³-hybridized carbons (Fsp3) is 1.00. The molecule has 1 rings (SSSR count). The average Bonchev–Trinajstić information content (AvgIpc) is 2.81. The molecule has 0 amide bonds. The van der Waals surface area contributed by atoms with Gasteiger partial charge in [-0.05, 0) is 79.6 Å². The van der Waals surface area contributed by atoms with Crippen molar-refractivity contribution < 1.29 is 35.4 Å². The van der Waals surface area contributed by atoms with Crippen molar-refractivity contribution in [2.24, 2.45) is 0 Å². The Bertz CT molecular complexity index is 517. The van der Waals surface area contributed by atoms with Gasteiger partial charge in [0.25, 0.3) is 0 Å². The number of hydrogen-bond acceptors (Lipinski definition) is 8. The summed E-state index contributed by atoms with van der Waals surface area (Å²) >= 11 is 0.